The Morgan fingerprint density at radius 3 is 2.23 bits per heavy atom. The van der Waals surface area contributed by atoms with Crippen LogP contribution in [0.1, 0.15) is 16.7 Å². The lowest BCUT2D eigenvalue weighted by molar-refractivity contribution is 0.306. The molecule has 0 aliphatic heterocycles. The fourth-order valence-corrected chi connectivity index (χ4v) is 2.02. The summed E-state index contributed by atoms with van der Waals surface area (Å²) in [5.74, 6) is 0.869. The average Bonchev–Trinajstić information content (AvgIpc) is 3.07. The van der Waals surface area contributed by atoms with Gasteiger partial charge in [0.1, 0.15) is 25.0 Å². The molecule has 0 aliphatic carbocycles. The number of aryl methyl sites for hydroxylation is 1. The zero-order valence-electron chi connectivity index (χ0n) is 12.4. The molecule has 5 heteroatoms. The van der Waals surface area contributed by atoms with Crippen LogP contribution in [0, 0.1) is 6.92 Å². The third-order valence-corrected chi connectivity index (χ3v) is 3.33. The second-order valence-corrected chi connectivity index (χ2v) is 5.12. The zero-order chi connectivity index (χ0) is 15.2. The summed E-state index contributed by atoms with van der Waals surface area (Å²) in [6.45, 7) is 3.37. The number of ether oxygens (including phenoxy) is 1. The Bertz CT molecular complexity index is 691. The van der Waals surface area contributed by atoms with Gasteiger partial charge in [0, 0.05) is 0 Å². The van der Waals surface area contributed by atoms with Crippen molar-refractivity contribution in [1.82, 2.24) is 14.9 Å². The lowest BCUT2D eigenvalue weighted by atomic mass is 10.2. The molecule has 22 heavy (non-hydrogen) atoms. The highest BCUT2D eigenvalue weighted by molar-refractivity contribution is 5.28. The van der Waals surface area contributed by atoms with Gasteiger partial charge >= 0.3 is 0 Å². The second kappa shape index (κ2) is 6.76. The minimum Gasteiger partial charge on any atom is -0.489 e. The fraction of sp³-hybridized carbons (Fsp3) is 0.176. The molecule has 1 aromatic heterocycles. The zero-order valence-corrected chi connectivity index (χ0v) is 12.4. The molecule has 1 heterocycles. The summed E-state index contributed by atoms with van der Waals surface area (Å²) in [5.41, 5.74) is 6.77. The van der Waals surface area contributed by atoms with Gasteiger partial charge in [-0.25, -0.2) is 4.68 Å². The van der Waals surface area contributed by atoms with Gasteiger partial charge in [0.2, 0.25) is 0 Å². The smallest absolute Gasteiger partial charge is 0.138 e. The summed E-state index contributed by atoms with van der Waals surface area (Å²) >= 11 is 0. The van der Waals surface area contributed by atoms with Crippen molar-refractivity contribution >= 4 is 0 Å². The normalized spacial score (nSPS) is 10.4. The van der Waals surface area contributed by atoms with Crippen molar-refractivity contribution in [2.45, 2.75) is 20.1 Å². The van der Waals surface area contributed by atoms with E-state index in [2.05, 4.69) is 46.8 Å². The molecule has 0 bridgehead atoms. The first kappa shape index (κ1) is 14.1. The average molecular weight is 294 g/mol. The molecule has 2 aromatic carbocycles. The van der Waals surface area contributed by atoms with Gasteiger partial charge in [-0.05, 0) is 30.2 Å². The number of benzene rings is 2. The number of hydrogen-bond donors (Lipinski definition) is 1. The van der Waals surface area contributed by atoms with E-state index in [0.717, 1.165) is 11.3 Å². The van der Waals surface area contributed by atoms with Crippen LogP contribution in [0.15, 0.2) is 61.2 Å². The summed E-state index contributed by atoms with van der Waals surface area (Å²) in [4.78, 5) is 0. The number of nitrogens with one attached hydrogen (secondary N) is 1. The molecular formula is C17H18N4O. The Balaban J connectivity index is 1.51. The molecule has 0 spiro atoms. The summed E-state index contributed by atoms with van der Waals surface area (Å²) in [6.07, 6.45) is 3.25. The Morgan fingerprint density at radius 1 is 0.909 bits per heavy atom. The van der Waals surface area contributed by atoms with Crippen LogP contribution in [0.3, 0.4) is 0 Å². The molecule has 5 nitrogen and oxygen atoms in total. The van der Waals surface area contributed by atoms with E-state index >= 15 is 0 Å². The number of nitrogens with zero attached hydrogens (tertiary/aromatic N) is 3. The van der Waals surface area contributed by atoms with Gasteiger partial charge in [-0.15, -0.1) is 10.2 Å². The first-order valence-corrected chi connectivity index (χ1v) is 7.15. The van der Waals surface area contributed by atoms with Crippen molar-refractivity contribution in [3.8, 4) is 5.75 Å². The van der Waals surface area contributed by atoms with E-state index in [9.17, 15) is 0 Å². The van der Waals surface area contributed by atoms with E-state index < -0.39 is 0 Å². The summed E-state index contributed by atoms with van der Waals surface area (Å²) in [6, 6.07) is 16.4. The van der Waals surface area contributed by atoms with Crippen molar-refractivity contribution in [3.63, 3.8) is 0 Å². The third-order valence-electron chi connectivity index (χ3n) is 3.33. The van der Waals surface area contributed by atoms with Gasteiger partial charge in [-0.1, -0.05) is 42.0 Å². The molecule has 3 aromatic rings. The number of hydrogen-bond acceptors (Lipinski definition) is 4. The first-order chi connectivity index (χ1) is 10.8. The van der Waals surface area contributed by atoms with E-state index in [1.165, 1.54) is 11.1 Å². The second-order valence-electron chi connectivity index (χ2n) is 5.12. The van der Waals surface area contributed by atoms with E-state index in [1.807, 2.05) is 24.3 Å². The Hall–Kier alpha value is -2.82. The maximum atomic E-state index is 5.79. The number of aromatic nitrogens is 3. The highest BCUT2D eigenvalue weighted by Gasteiger charge is 1.98. The Kier molecular flexibility index (Phi) is 4.34. The molecule has 0 atom stereocenters. The van der Waals surface area contributed by atoms with Gasteiger partial charge in [0.25, 0.3) is 0 Å². The summed E-state index contributed by atoms with van der Waals surface area (Å²) in [5, 5.41) is 7.48. The predicted molar refractivity (Wildman–Crippen MR) is 85.0 cm³/mol. The Morgan fingerprint density at radius 2 is 1.55 bits per heavy atom. The Labute approximate surface area is 129 Å². The van der Waals surface area contributed by atoms with Gasteiger partial charge in [0.15, 0.2) is 0 Å². The van der Waals surface area contributed by atoms with Crippen molar-refractivity contribution < 1.29 is 4.74 Å². The maximum Gasteiger partial charge on any atom is 0.138 e. The SMILES string of the molecule is Cc1ccc(COc2ccc(CNn3cnnc3)cc2)cc1. The van der Waals surface area contributed by atoms with Gasteiger partial charge in [0.05, 0.1) is 6.54 Å². The topological polar surface area (TPSA) is 52.0 Å². The maximum absolute atomic E-state index is 5.79. The van der Waals surface area contributed by atoms with E-state index in [4.69, 9.17) is 4.74 Å². The van der Waals surface area contributed by atoms with Crippen LogP contribution < -0.4 is 10.2 Å². The van der Waals surface area contributed by atoms with Crippen molar-refractivity contribution in [1.29, 1.82) is 0 Å². The standard InChI is InChI=1S/C17H18N4O/c1-14-2-4-16(5-3-14)11-22-17-8-6-15(7-9-17)10-20-21-12-18-19-13-21/h2-9,12-13,20H,10-11H2,1H3. The largest absolute Gasteiger partial charge is 0.489 e. The van der Waals surface area contributed by atoms with Crippen LogP contribution in [0.4, 0.5) is 0 Å². The molecule has 0 saturated heterocycles. The quantitative estimate of drug-likeness (QED) is 0.759. The molecule has 1 N–H and O–H groups in total. The van der Waals surface area contributed by atoms with E-state index in [-0.39, 0.29) is 0 Å². The van der Waals surface area contributed by atoms with Crippen LogP contribution >= 0.6 is 0 Å². The molecule has 0 amide bonds. The van der Waals surface area contributed by atoms with Gasteiger partial charge in [-0.3, -0.25) is 0 Å². The minimum atomic E-state index is 0.582. The van der Waals surface area contributed by atoms with Crippen LogP contribution in [0.2, 0.25) is 0 Å². The summed E-state index contributed by atoms with van der Waals surface area (Å²) < 4.78 is 7.52. The van der Waals surface area contributed by atoms with Crippen LogP contribution in [-0.2, 0) is 13.2 Å². The van der Waals surface area contributed by atoms with Gasteiger partial charge < -0.3 is 10.2 Å². The van der Waals surface area contributed by atoms with Gasteiger partial charge in [-0.2, -0.15) is 0 Å². The van der Waals surface area contributed by atoms with Crippen LogP contribution in [-0.4, -0.2) is 14.9 Å². The lowest BCUT2D eigenvalue weighted by Crippen LogP contribution is -2.11. The predicted octanol–water partition coefficient (Wildman–Crippen LogP) is 2.91. The minimum absolute atomic E-state index is 0.582. The molecule has 3 rings (SSSR count). The molecule has 0 saturated carbocycles. The monoisotopic (exact) mass is 294 g/mol. The molecule has 112 valence electrons. The highest BCUT2D eigenvalue weighted by Crippen LogP contribution is 2.14. The first-order valence-electron chi connectivity index (χ1n) is 7.15. The van der Waals surface area contributed by atoms with Crippen molar-refractivity contribution in [3.05, 3.63) is 77.9 Å². The lowest BCUT2D eigenvalue weighted by Gasteiger charge is -2.09. The highest BCUT2D eigenvalue weighted by atomic mass is 16.5. The molecule has 0 radical (unpaired) electrons. The molecular weight excluding hydrogens is 276 g/mol. The van der Waals surface area contributed by atoms with E-state index in [0.29, 0.717) is 13.2 Å². The fourth-order valence-electron chi connectivity index (χ4n) is 2.02. The molecule has 0 aliphatic rings. The molecule has 0 unspecified atom stereocenters. The molecule has 0 fully saturated rings. The third kappa shape index (κ3) is 3.85. The van der Waals surface area contributed by atoms with E-state index in [1.54, 1.807) is 17.3 Å². The van der Waals surface area contributed by atoms with Crippen molar-refractivity contribution in [2.75, 3.05) is 5.43 Å². The summed E-state index contributed by atoms with van der Waals surface area (Å²) in [7, 11) is 0. The number of rotatable bonds is 6. The van der Waals surface area contributed by atoms with Crippen LogP contribution in [0.5, 0.6) is 5.75 Å². The van der Waals surface area contributed by atoms with Crippen molar-refractivity contribution in [2.24, 2.45) is 0 Å². The van der Waals surface area contributed by atoms with Crippen LogP contribution in [0.25, 0.3) is 0 Å².